The van der Waals surface area contributed by atoms with Crippen LogP contribution in [0.15, 0.2) is 80.3 Å². The standard InChI is InChI=1S/C23H11Br2ClN2O6/c24-14-9-13(10-19-23(30)34-21(27-19)16-3-1-2-4-18(16)26)20(17(25)11-14)33-22(29)12-5-7-15(8-6-12)28(31)32/h1-11H/b19-10-. The van der Waals surface area contributed by atoms with Gasteiger partial charge in [-0.05, 0) is 58.4 Å². The fourth-order valence-electron chi connectivity index (χ4n) is 2.97. The molecule has 4 rings (SSSR count). The third kappa shape index (κ3) is 5.09. The Morgan fingerprint density at radius 2 is 1.82 bits per heavy atom. The summed E-state index contributed by atoms with van der Waals surface area (Å²) in [5.41, 5.74) is 0.749. The van der Waals surface area contributed by atoms with Crippen molar-refractivity contribution in [2.75, 3.05) is 0 Å². The minimum absolute atomic E-state index is 0.0208. The van der Waals surface area contributed by atoms with Crippen LogP contribution in [-0.4, -0.2) is 22.8 Å². The number of nitrogens with zero attached hydrogens (tertiary/aromatic N) is 2. The van der Waals surface area contributed by atoms with Crippen LogP contribution < -0.4 is 4.74 Å². The lowest BCUT2D eigenvalue weighted by Gasteiger charge is -2.11. The maximum Gasteiger partial charge on any atom is 0.363 e. The summed E-state index contributed by atoms with van der Waals surface area (Å²) >= 11 is 12.9. The van der Waals surface area contributed by atoms with Gasteiger partial charge in [0.15, 0.2) is 11.4 Å². The van der Waals surface area contributed by atoms with Gasteiger partial charge in [-0.15, -0.1) is 0 Å². The number of esters is 2. The fourth-order valence-corrected chi connectivity index (χ4v) is 4.53. The van der Waals surface area contributed by atoms with E-state index in [9.17, 15) is 19.7 Å². The van der Waals surface area contributed by atoms with Crippen LogP contribution in [0.1, 0.15) is 21.5 Å². The first kappa shape index (κ1) is 23.8. The second kappa shape index (κ2) is 9.88. The summed E-state index contributed by atoms with van der Waals surface area (Å²) < 4.78 is 11.9. The van der Waals surface area contributed by atoms with Crippen molar-refractivity contribution in [3.63, 3.8) is 0 Å². The van der Waals surface area contributed by atoms with Gasteiger partial charge in [-0.3, -0.25) is 10.1 Å². The molecule has 0 atom stereocenters. The number of aliphatic imine (C=N–C) groups is 1. The number of ether oxygens (including phenoxy) is 2. The quantitative estimate of drug-likeness (QED) is 0.110. The summed E-state index contributed by atoms with van der Waals surface area (Å²) in [6, 6.07) is 15.1. The maximum atomic E-state index is 12.7. The Bertz CT molecular complexity index is 1400. The molecule has 0 spiro atoms. The molecule has 8 nitrogen and oxygen atoms in total. The van der Waals surface area contributed by atoms with E-state index in [2.05, 4.69) is 36.9 Å². The summed E-state index contributed by atoms with van der Waals surface area (Å²) in [5, 5.41) is 11.2. The number of carbonyl (C=O) groups is 2. The normalized spacial score (nSPS) is 14.0. The maximum absolute atomic E-state index is 12.7. The number of hydrogen-bond acceptors (Lipinski definition) is 7. The van der Waals surface area contributed by atoms with E-state index in [0.29, 0.717) is 25.1 Å². The summed E-state index contributed by atoms with van der Waals surface area (Å²) in [5.74, 6) is -1.26. The van der Waals surface area contributed by atoms with Gasteiger partial charge in [-0.2, -0.15) is 0 Å². The molecule has 0 amide bonds. The third-order valence-electron chi connectivity index (χ3n) is 4.56. The molecule has 0 bridgehead atoms. The number of rotatable bonds is 5. The number of benzene rings is 3. The minimum Gasteiger partial charge on any atom is -0.421 e. The number of non-ortho nitro benzene ring substituents is 1. The van der Waals surface area contributed by atoms with Crippen LogP contribution in [0.4, 0.5) is 5.69 Å². The molecule has 0 saturated carbocycles. The molecule has 1 aliphatic heterocycles. The second-order valence-corrected chi connectivity index (χ2v) is 8.99. The van der Waals surface area contributed by atoms with Gasteiger partial charge in [0.2, 0.25) is 5.90 Å². The Hall–Kier alpha value is -3.34. The van der Waals surface area contributed by atoms with Crippen LogP contribution in [0.25, 0.3) is 6.08 Å². The van der Waals surface area contributed by atoms with Crippen LogP contribution in [-0.2, 0) is 9.53 Å². The predicted molar refractivity (Wildman–Crippen MR) is 132 cm³/mol. The van der Waals surface area contributed by atoms with Crippen LogP contribution in [0.3, 0.4) is 0 Å². The second-order valence-electron chi connectivity index (χ2n) is 6.82. The lowest BCUT2D eigenvalue weighted by molar-refractivity contribution is -0.384. The monoisotopic (exact) mass is 604 g/mol. The number of nitro benzene ring substituents is 1. The zero-order chi connectivity index (χ0) is 24.4. The molecule has 0 unspecified atom stereocenters. The smallest absolute Gasteiger partial charge is 0.363 e. The molecule has 34 heavy (non-hydrogen) atoms. The van der Waals surface area contributed by atoms with E-state index in [0.717, 1.165) is 0 Å². The molecule has 170 valence electrons. The van der Waals surface area contributed by atoms with Crippen molar-refractivity contribution >= 4 is 73.1 Å². The first-order chi connectivity index (χ1) is 16.2. The predicted octanol–water partition coefficient (Wildman–Crippen LogP) is 6.34. The highest BCUT2D eigenvalue weighted by Gasteiger charge is 2.26. The Morgan fingerprint density at radius 1 is 1.12 bits per heavy atom. The van der Waals surface area contributed by atoms with Crippen LogP contribution >= 0.6 is 43.5 Å². The number of halogens is 3. The molecule has 1 aliphatic rings. The number of hydrogen-bond donors (Lipinski definition) is 0. The van der Waals surface area contributed by atoms with Crippen molar-refractivity contribution in [2.45, 2.75) is 0 Å². The first-order valence-electron chi connectivity index (χ1n) is 9.46. The highest BCUT2D eigenvalue weighted by molar-refractivity contribution is 9.11. The Morgan fingerprint density at radius 3 is 2.50 bits per heavy atom. The van der Waals surface area contributed by atoms with E-state index in [4.69, 9.17) is 21.1 Å². The lowest BCUT2D eigenvalue weighted by atomic mass is 10.1. The van der Waals surface area contributed by atoms with E-state index in [1.807, 2.05) is 0 Å². The Balaban J connectivity index is 1.69. The first-order valence-corrected chi connectivity index (χ1v) is 11.4. The summed E-state index contributed by atoms with van der Waals surface area (Å²) in [6.45, 7) is 0. The van der Waals surface area contributed by atoms with Crippen LogP contribution in [0.2, 0.25) is 5.02 Å². The molecule has 3 aromatic carbocycles. The third-order valence-corrected chi connectivity index (χ3v) is 5.94. The van der Waals surface area contributed by atoms with Gasteiger partial charge in [0.05, 0.1) is 25.5 Å². The van der Waals surface area contributed by atoms with Gasteiger partial charge in [-0.1, -0.05) is 39.7 Å². The van der Waals surface area contributed by atoms with E-state index in [-0.39, 0.29) is 28.6 Å². The molecule has 0 radical (unpaired) electrons. The molecule has 0 N–H and O–H groups in total. The van der Waals surface area contributed by atoms with Crippen LogP contribution in [0.5, 0.6) is 5.75 Å². The molecule has 0 saturated heterocycles. The van der Waals surface area contributed by atoms with Gasteiger partial charge >= 0.3 is 11.9 Å². The molecule has 0 aliphatic carbocycles. The van der Waals surface area contributed by atoms with Crippen molar-refractivity contribution in [1.29, 1.82) is 0 Å². The minimum atomic E-state index is -0.744. The lowest BCUT2D eigenvalue weighted by Crippen LogP contribution is -2.10. The van der Waals surface area contributed by atoms with E-state index >= 15 is 0 Å². The summed E-state index contributed by atoms with van der Waals surface area (Å²) in [4.78, 5) is 39.6. The van der Waals surface area contributed by atoms with Gasteiger partial charge < -0.3 is 9.47 Å². The van der Waals surface area contributed by atoms with Crippen molar-refractivity contribution in [1.82, 2.24) is 0 Å². The Labute approximate surface area is 214 Å². The van der Waals surface area contributed by atoms with Crippen molar-refractivity contribution in [3.8, 4) is 5.75 Å². The molecule has 3 aromatic rings. The van der Waals surface area contributed by atoms with Crippen molar-refractivity contribution in [2.24, 2.45) is 4.99 Å². The molecular formula is C23H11Br2ClN2O6. The number of cyclic esters (lactones) is 1. The molecule has 11 heteroatoms. The zero-order valence-corrected chi connectivity index (χ0v) is 20.8. The number of nitro groups is 1. The van der Waals surface area contributed by atoms with E-state index < -0.39 is 16.9 Å². The van der Waals surface area contributed by atoms with Gasteiger partial charge in [0, 0.05) is 22.2 Å². The Kier molecular flexibility index (Phi) is 6.92. The van der Waals surface area contributed by atoms with E-state index in [1.54, 1.807) is 36.4 Å². The fraction of sp³-hybridized carbons (Fsp3) is 0. The summed E-state index contributed by atoms with van der Waals surface area (Å²) in [7, 11) is 0. The number of carbonyl (C=O) groups excluding carboxylic acids is 2. The highest BCUT2D eigenvalue weighted by atomic mass is 79.9. The average molecular weight is 607 g/mol. The molecule has 0 fully saturated rings. The van der Waals surface area contributed by atoms with Gasteiger partial charge in [0.1, 0.15) is 0 Å². The topological polar surface area (TPSA) is 108 Å². The molecule has 1 heterocycles. The largest absolute Gasteiger partial charge is 0.421 e. The zero-order valence-electron chi connectivity index (χ0n) is 16.8. The average Bonchev–Trinajstić information content (AvgIpc) is 3.16. The SMILES string of the molecule is O=C1OC(c2ccccc2Cl)=N/C1=C\c1cc(Br)cc(Br)c1OC(=O)c1ccc([N+](=O)[O-])cc1. The van der Waals surface area contributed by atoms with Gasteiger partial charge in [0.25, 0.3) is 5.69 Å². The highest BCUT2D eigenvalue weighted by Crippen LogP contribution is 2.36. The summed E-state index contributed by atoms with van der Waals surface area (Å²) in [6.07, 6.45) is 1.42. The van der Waals surface area contributed by atoms with Crippen molar-refractivity contribution < 1.29 is 24.0 Å². The van der Waals surface area contributed by atoms with Gasteiger partial charge in [-0.25, -0.2) is 14.6 Å². The molecular weight excluding hydrogens is 596 g/mol. The molecule has 0 aromatic heterocycles. The van der Waals surface area contributed by atoms with Crippen LogP contribution in [0, 0.1) is 10.1 Å². The van der Waals surface area contributed by atoms with Crippen molar-refractivity contribution in [3.05, 3.63) is 107 Å². The van der Waals surface area contributed by atoms with E-state index in [1.165, 1.54) is 30.3 Å².